The van der Waals surface area contributed by atoms with Gasteiger partial charge in [0.15, 0.2) is 5.82 Å². The van der Waals surface area contributed by atoms with Crippen LogP contribution in [0.2, 0.25) is 0 Å². The second-order valence-electron chi connectivity index (χ2n) is 5.84. The van der Waals surface area contributed by atoms with Crippen LogP contribution < -0.4 is 10.6 Å². The molecule has 1 aliphatic rings. The molecule has 22 heavy (non-hydrogen) atoms. The van der Waals surface area contributed by atoms with Gasteiger partial charge in [-0.3, -0.25) is 0 Å². The molecule has 2 N–H and O–H groups in total. The van der Waals surface area contributed by atoms with Crippen LogP contribution in [0.25, 0.3) is 0 Å². The fourth-order valence-corrected chi connectivity index (χ4v) is 2.86. The van der Waals surface area contributed by atoms with Crippen LogP contribution >= 0.6 is 0 Å². The maximum atomic E-state index is 4.52. The van der Waals surface area contributed by atoms with Gasteiger partial charge in [0.25, 0.3) is 0 Å². The fraction of sp³-hybridized carbons (Fsp3) is 0.471. The Morgan fingerprint density at radius 1 is 1.00 bits per heavy atom. The molecule has 1 aliphatic carbocycles. The lowest BCUT2D eigenvalue weighted by atomic mass is 10.1. The molecule has 0 saturated heterocycles. The molecule has 0 unspecified atom stereocenters. The minimum atomic E-state index is 0.515. The topological polar surface area (TPSA) is 62.7 Å². The largest absolute Gasteiger partial charge is 0.366 e. The third-order valence-electron chi connectivity index (χ3n) is 4.06. The normalized spacial score (nSPS) is 16.0. The van der Waals surface area contributed by atoms with E-state index in [1.54, 1.807) is 6.20 Å². The summed E-state index contributed by atoms with van der Waals surface area (Å²) < 4.78 is 0. The molecule has 0 atom stereocenters. The van der Waals surface area contributed by atoms with E-state index in [0.717, 1.165) is 5.82 Å². The number of nitrogens with zero attached hydrogens (tertiary/aromatic N) is 3. The maximum absolute atomic E-state index is 4.52. The van der Waals surface area contributed by atoms with Crippen molar-refractivity contribution in [3.63, 3.8) is 0 Å². The summed E-state index contributed by atoms with van der Waals surface area (Å²) in [6, 6.07) is 10.7. The number of benzene rings is 1. The number of hydrogen-bond acceptors (Lipinski definition) is 5. The molecule has 0 amide bonds. The van der Waals surface area contributed by atoms with Crippen molar-refractivity contribution in [2.75, 3.05) is 10.6 Å². The van der Waals surface area contributed by atoms with Crippen LogP contribution in [0.5, 0.6) is 0 Å². The predicted molar refractivity (Wildman–Crippen MR) is 88.7 cm³/mol. The molecule has 5 nitrogen and oxygen atoms in total. The van der Waals surface area contributed by atoms with Gasteiger partial charge in [0, 0.05) is 12.6 Å². The van der Waals surface area contributed by atoms with E-state index in [9.17, 15) is 0 Å². The molecule has 1 aromatic heterocycles. The monoisotopic (exact) mass is 297 g/mol. The highest BCUT2D eigenvalue weighted by Gasteiger charge is 2.12. The van der Waals surface area contributed by atoms with E-state index in [0.29, 0.717) is 18.5 Å². The summed E-state index contributed by atoms with van der Waals surface area (Å²) in [6.07, 6.45) is 9.45. The minimum Gasteiger partial charge on any atom is -0.366 e. The van der Waals surface area contributed by atoms with E-state index < -0.39 is 0 Å². The molecule has 0 radical (unpaired) electrons. The van der Waals surface area contributed by atoms with Gasteiger partial charge in [-0.05, 0) is 18.4 Å². The Balaban J connectivity index is 1.57. The molecule has 2 aromatic rings. The molecule has 1 fully saturated rings. The number of nitrogens with one attached hydrogen (secondary N) is 2. The average Bonchev–Trinajstić information content (AvgIpc) is 2.83. The van der Waals surface area contributed by atoms with Crippen molar-refractivity contribution in [2.45, 2.75) is 51.1 Å². The lowest BCUT2D eigenvalue weighted by molar-refractivity contribution is 0.616. The van der Waals surface area contributed by atoms with Crippen molar-refractivity contribution < 1.29 is 0 Å². The summed E-state index contributed by atoms with van der Waals surface area (Å²) in [5.41, 5.74) is 1.20. The lowest BCUT2D eigenvalue weighted by Crippen LogP contribution is -2.19. The van der Waals surface area contributed by atoms with Crippen molar-refractivity contribution >= 4 is 11.8 Å². The SMILES string of the molecule is c1ccc(CNc2nncc(NC3CCCCCC3)n2)cc1. The van der Waals surface area contributed by atoms with Gasteiger partial charge in [-0.15, -0.1) is 5.10 Å². The summed E-state index contributed by atoms with van der Waals surface area (Å²) in [5.74, 6) is 1.39. The Labute approximate surface area is 131 Å². The van der Waals surface area contributed by atoms with Crippen LogP contribution in [-0.4, -0.2) is 21.2 Å². The zero-order valence-electron chi connectivity index (χ0n) is 12.8. The number of anilines is 2. The number of aromatic nitrogens is 3. The van der Waals surface area contributed by atoms with Crippen LogP contribution in [0.15, 0.2) is 36.5 Å². The van der Waals surface area contributed by atoms with Crippen molar-refractivity contribution in [3.8, 4) is 0 Å². The van der Waals surface area contributed by atoms with Gasteiger partial charge in [0.1, 0.15) is 0 Å². The maximum Gasteiger partial charge on any atom is 0.244 e. The quantitative estimate of drug-likeness (QED) is 0.825. The summed E-state index contributed by atoms with van der Waals surface area (Å²) in [5, 5.41) is 14.8. The smallest absolute Gasteiger partial charge is 0.244 e. The molecule has 3 rings (SSSR count). The highest BCUT2D eigenvalue weighted by Crippen LogP contribution is 2.20. The highest BCUT2D eigenvalue weighted by atomic mass is 15.3. The van der Waals surface area contributed by atoms with Gasteiger partial charge >= 0.3 is 0 Å². The second kappa shape index (κ2) is 7.73. The van der Waals surface area contributed by atoms with E-state index in [4.69, 9.17) is 0 Å². The van der Waals surface area contributed by atoms with Crippen molar-refractivity contribution in [3.05, 3.63) is 42.1 Å². The molecule has 5 heteroatoms. The summed E-state index contributed by atoms with van der Waals surface area (Å²) in [6.45, 7) is 0.704. The average molecular weight is 297 g/mol. The summed E-state index contributed by atoms with van der Waals surface area (Å²) in [7, 11) is 0. The van der Waals surface area contributed by atoms with E-state index in [2.05, 4.69) is 37.9 Å². The standard InChI is InChI=1S/C17H23N5/c1-2-7-11-15(10-6-1)20-16-13-19-22-17(21-16)18-12-14-8-4-3-5-9-14/h3-5,8-9,13,15H,1-2,6-7,10-12H2,(H2,18,20,21,22). The molecule has 0 aliphatic heterocycles. The van der Waals surface area contributed by atoms with Crippen LogP contribution in [0.3, 0.4) is 0 Å². The van der Waals surface area contributed by atoms with Crippen molar-refractivity contribution in [1.82, 2.24) is 15.2 Å². The van der Waals surface area contributed by atoms with Gasteiger partial charge in [-0.25, -0.2) is 0 Å². The van der Waals surface area contributed by atoms with Crippen LogP contribution in [0, 0.1) is 0 Å². The summed E-state index contributed by atoms with van der Waals surface area (Å²) in [4.78, 5) is 4.52. The third kappa shape index (κ3) is 4.41. The first-order valence-corrected chi connectivity index (χ1v) is 8.14. The van der Waals surface area contributed by atoms with Crippen molar-refractivity contribution in [1.29, 1.82) is 0 Å². The number of hydrogen-bond donors (Lipinski definition) is 2. The van der Waals surface area contributed by atoms with Gasteiger partial charge in [-0.1, -0.05) is 56.0 Å². The molecule has 1 saturated carbocycles. The van der Waals surface area contributed by atoms with Crippen LogP contribution in [0.4, 0.5) is 11.8 Å². The third-order valence-corrected chi connectivity index (χ3v) is 4.06. The molecule has 116 valence electrons. The second-order valence-corrected chi connectivity index (χ2v) is 5.84. The molecule has 1 aromatic carbocycles. The summed E-state index contributed by atoms with van der Waals surface area (Å²) >= 11 is 0. The Bertz CT molecular complexity index is 564. The van der Waals surface area contributed by atoms with E-state index in [1.807, 2.05) is 18.2 Å². The highest BCUT2D eigenvalue weighted by molar-refractivity contribution is 5.38. The van der Waals surface area contributed by atoms with E-state index >= 15 is 0 Å². The minimum absolute atomic E-state index is 0.515. The van der Waals surface area contributed by atoms with Gasteiger partial charge in [0.2, 0.25) is 5.95 Å². The molecule has 0 bridgehead atoms. The first-order valence-electron chi connectivity index (χ1n) is 8.14. The molecular formula is C17H23N5. The van der Waals surface area contributed by atoms with Crippen molar-refractivity contribution in [2.24, 2.45) is 0 Å². The number of rotatable bonds is 5. The van der Waals surface area contributed by atoms with E-state index in [-0.39, 0.29) is 0 Å². The predicted octanol–water partition coefficient (Wildman–Crippen LogP) is 3.62. The molecular weight excluding hydrogens is 274 g/mol. The zero-order chi connectivity index (χ0) is 15.0. The van der Waals surface area contributed by atoms with Gasteiger partial charge in [-0.2, -0.15) is 10.1 Å². The molecule has 0 spiro atoms. The van der Waals surface area contributed by atoms with E-state index in [1.165, 1.54) is 44.1 Å². The first kappa shape index (κ1) is 14.8. The lowest BCUT2D eigenvalue weighted by Gasteiger charge is -2.16. The fourth-order valence-electron chi connectivity index (χ4n) is 2.86. The van der Waals surface area contributed by atoms with Gasteiger partial charge < -0.3 is 10.6 Å². The Hall–Kier alpha value is -2.17. The first-order chi connectivity index (χ1) is 10.9. The van der Waals surface area contributed by atoms with Crippen LogP contribution in [-0.2, 0) is 6.54 Å². The Morgan fingerprint density at radius 2 is 1.77 bits per heavy atom. The van der Waals surface area contributed by atoms with Crippen LogP contribution in [0.1, 0.15) is 44.1 Å². The Morgan fingerprint density at radius 3 is 2.55 bits per heavy atom. The Kier molecular flexibility index (Phi) is 5.18. The zero-order valence-corrected chi connectivity index (χ0v) is 12.8. The molecule has 1 heterocycles. The van der Waals surface area contributed by atoms with Gasteiger partial charge in [0.05, 0.1) is 6.20 Å².